The van der Waals surface area contributed by atoms with Crippen LogP contribution in [0.4, 0.5) is 0 Å². The summed E-state index contributed by atoms with van der Waals surface area (Å²) in [5, 5.41) is 10.6. The first-order valence-corrected chi connectivity index (χ1v) is 10.7. The third-order valence-electron chi connectivity index (χ3n) is 6.35. The fraction of sp³-hybridized carbons (Fsp3) is 0.308. The third-order valence-corrected chi connectivity index (χ3v) is 6.35. The number of benzene rings is 2. The summed E-state index contributed by atoms with van der Waals surface area (Å²) in [6.45, 7) is 4.26. The van der Waals surface area contributed by atoms with Crippen molar-refractivity contribution in [3.8, 4) is 5.75 Å². The average Bonchev–Trinajstić information content (AvgIpc) is 2.93. The lowest BCUT2D eigenvalue weighted by Gasteiger charge is -2.27. The zero-order valence-corrected chi connectivity index (χ0v) is 18.2. The monoisotopic (exact) mass is 416 g/mol. The second kappa shape index (κ2) is 8.42. The quantitative estimate of drug-likeness (QED) is 0.700. The Morgan fingerprint density at radius 2 is 1.58 bits per heavy atom. The predicted octanol–water partition coefficient (Wildman–Crippen LogP) is 3.97. The zero-order chi connectivity index (χ0) is 22.1. The van der Waals surface area contributed by atoms with E-state index in [1.807, 2.05) is 26.0 Å². The molecule has 31 heavy (non-hydrogen) atoms. The lowest BCUT2D eigenvalue weighted by Crippen LogP contribution is -2.36. The van der Waals surface area contributed by atoms with Crippen LogP contribution in [0.3, 0.4) is 0 Å². The first-order valence-electron chi connectivity index (χ1n) is 10.7. The van der Waals surface area contributed by atoms with Gasteiger partial charge in [-0.15, -0.1) is 0 Å². The van der Waals surface area contributed by atoms with Gasteiger partial charge in [0.15, 0.2) is 11.4 Å². The summed E-state index contributed by atoms with van der Waals surface area (Å²) >= 11 is 0. The molecule has 0 fully saturated rings. The van der Waals surface area contributed by atoms with E-state index in [9.17, 15) is 14.7 Å². The molecule has 1 N–H and O–H groups in total. The van der Waals surface area contributed by atoms with Gasteiger partial charge in [0.25, 0.3) is 5.91 Å². The molecule has 1 aromatic heterocycles. The standard InChI is InChI=1S/C26H28N2O3/c1-17(2)27(3)26(31)24-25(30)23(29)14-15-28(24)16-22-20-10-6-4-8-18(20)12-13-19-9-5-7-11-21(19)22/h4-11,14-15,17,22,30H,12-13,16H2,1-3H3. The van der Waals surface area contributed by atoms with Crippen LogP contribution in [0.25, 0.3) is 0 Å². The van der Waals surface area contributed by atoms with Crippen molar-refractivity contribution in [2.24, 2.45) is 0 Å². The molecule has 1 heterocycles. The Hall–Kier alpha value is -3.34. The molecule has 0 atom stereocenters. The van der Waals surface area contributed by atoms with Crippen molar-refractivity contribution in [1.82, 2.24) is 9.47 Å². The zero-order valence-electron chi connectivity index (χ0n) is 18.2. The number of aromatic hydroxyl groups is 1. The van der Waals surface area contributed by atoms with E-state index in [0.717, 1.165) is 12.8 Å². The topological polar surface area (TPSA) is 62.5 Å². The van der Waals surface area contributed by atoms with Crippen molar-refractivity contribution in [3.63, 3.8) is 0 Å². The van der Waals surface area contributed by atoms with Gasteiger partial charge >= 0.3 is 0 Å². The molecule has 0 unspecified atom stereocenters. The lowest BCUT2D eigenvalue weighted by atomic mass is 9.88. The van der Waals surface area contributed by atoms with E-state index >= 15 is 0 Å². The Kier molecular flexibility index (Phi) is 5.68. The SMILES string of the molecule is CC(C)N(C)C(=O)c1c(O)c(=O)ccn1CC1c2ccccc2CCc2ccccc21. The molecule has 0 saturated heterocycles. The molecule has 4 rings (SSSR count). The fourth-order valence-electron chi connectivity index (χ4n) is 4.38. The first-order chi connectivity index (χ1) is 14.9. The molecule has 0 saturated carbocycles. The third kappa shape index (κ3) is 3.88. The number of carbonyl (C=O) groups excluding carboxylic acids is 1. The van der Waals surface area contributed by atoms with E-state index in [1.165, 1.54) is 28.3 Å². The molecule has 2 aromatic carbocycles. The summed E-state index contributed by atoms with van der Waals surface area (Å²) in [6, 6.07) is 18.1. The normalized spacial score (nSPS) is 13.4. The Bertz CT molecular complexity index is 1130. The number of amides is 1. The summed E-state index contributed by atoms with van der Waals surface area (Å²) in [5.41, 5.74) is 4.53. The van der Waals surface area contributed by atoms with Gasteiger partial charge in [0, 0.05) is 37.8 Å². The summed E-state index contributed by atoms with van der Waals surface area (Å²) in [5.74, 6) is -0.844. The molecular formula is C26H28N2O3. The maximum absolute atomic E-state index is 13.2. The molecule has 0 aliphatic heterocycles. The van der Waals surface area contributed by atoms with E-state index in [0.29, 0.717) is 6.54 Å². The minimum absolute atomic E-state index is 0.00714. The minimum Gasteiger partial charge on any atom is -0.503 e. The molecular weight excluding hydrogens is 388 g/mol. The van der Waals surface area contributed by atoms with E-state index in [1.54, 1.807) is 22.7 Å². The van der Waals surface area contributed by atoms with Gasteiger partial charge in [0.05, 0.1) is 0 Å². The summed E-state index contributed by atoms with van der Waals surface area (Å²) in [7, 11) is 1.69. The van der Waals surface area contributed by atoms with Crippen LogP contribution in [0.15, 0.2) is 65.6 Å². The fourth-order valence-corrected chi connectivity index (χ4v) is 4.38. The predicted molar refractivity (Wildman–Crippen MR) is 122 cm³/mol. The lowest BCUT2D eigenvalue weighted by molar-refractivity contribution is 0.0738. The van der Waals surface area contributed by atoms with E-state index in [-0.39, 0.29) is 23.6 Å². The second-order valence-electron chi connectivity index (χ2n) is 8.49. The van der Waals surface area contributed by atoms with Crippen molar-refractivity contribution in [2.75, 3.05) is 7.05 Å². The number of hydrogen-bond acceptors (Lipinski definition) is 3. The Morgan fingerprint density at radius 3 is 2.13 bits per heavy atom. The van der Waals surface area contributed by atoms with E-state index in [4.69, 9.17) is 0 Å². The highest BCUT2D eigenvalue weighted by atomic mass is 16.3. The van der Waals surface area contributed by atoms with E-state index in [2.05, 4.69) is 36.4 Å². The van der Waals surface area contributed by atoms with Crippen LogP contribution < -0.4 is 5.43 Å². The number of hydrogen-bond donors (Lipinski definition) is 1. The van der Waals surface area contributed by atoms with Crippen LogP contribution in [0.2, 0.25) is 0 Å². The molecule has 160 valence electrons. The smallest absolute Gasteiger partial charge is 0.274 e. The number of fused-ring (bicyclic) bond motifs is 2. The van der Waals surface area contributed by atoms with Crippen LogP contribution >= 0.6 is 0 Å². The molecule has 0 spiro atoms. The summed E-state index contributed by atoms with van der Waals surface area (Å²) in [6.07, 6.45) is 3.54. The van der Waals surface area contributed by atoms with Gasteiger partial charge in [-0.1, -0.05) is 48.5 Å². The van der Waals surface area contributed by atoms with Crippen LogP contribution in [0.1, 0.15) is 52.5 Å². The molecule has 1 aliphatic rings. The Morgan fingerprint density at radius 1 is 1.03 bits per heavy atom. The molecule has 1 amide bonds. The number of rotatable bonds is 4. The van der Waals surface area contributed by atoms with E-state index < -0.39 is 11.2 Å². The minimum atomic E-state index is -0.543. The number of nitrogens with zero attached hydrogens (tertiary/aromatic N) is 2. The van der Waals surface area contributed by atoms with Crippen molar-refractivity contribution in [1.29, 1.82) is 0 Å². The molecule has 0 bridgehead atoms. The van der Waals surface area contributed by atoms with Crippen LogP contribution in [0.5, 0.6) is 5.75 Å². The molecule has 5 heteroatoms. The number of pyridine rings is 1. The molecule has 5 nitrogen and oxygen atoms in total. The van der Waals surface area contributed by atoms with Gasteiger partial charge in [-0.3, -0.25) is 9.59 Å². The largest absolute Gasteiger partial charge is 0.503 e. The molecule has 1 aliphatic carbocycles. The first kappa shape index (κ1) is 20.9. The van der Waals surface area contributed by atoms with Gasteiger partial charge in [0.2, 0.25) is 5.43 Å². The van der Waals surface area contributed by atoms with Gasteiger partial charge in [-0.25, -0.2) is 0 Å². The van der Waals surface area contributed by atoms with Crippen molar-refractivity contribution in [2.45, 2.75) is 45.2 Å². The van der Waals surface area contributed by atoms with Crippen LogP contribution in [-0.2, 0) is 19.4 Å². The summed E-state index contributed by atoms with van der Waals surface area (Å²) < 4.78 is 1.74. The maximum atomic E-state index is 13.2. The highest BCUT2D eigenvalue weighted by Crippen LogP contribution is 2.36. The van der Waals surface area contributed by atoms with Gasteiger partial charge < -0.3 is 14.6 Å². The number of carbonyl (C=O) groups is 1. The maximum Gasteiger partial charge on any atom is 0.274 e. The van der Waals surface area contributed by atoms with Crippen molar-refractivity contribution < 1.29 is 9.90 Å². The average molecular weight is 417 g/mol. The van der Waals surface area contributed by atoms with Gasteiger partial charge in [0.1, 0.15) is 0 Å². The molecule has 3 aromatic rings. The highest BCUT2D eigenvalue weighted by Gasteiger charge is 2.28. The second-order valence-corrected chi connectivity index (χ2v) is 8.49. The van der Waals surface area contributed by atoms with Crippen LogP contribution in [-0.4, -0.2) is 33.6 Å². The Labute approximate surface area is 182 Å². The number of aryl methyl sites for hydroxylation is 2. The number of aromatic nitrogens is 1. The van der Waals surface area contributed by atoms with Gasteiger partial charge in [-0.2, -0.15) is 0 Å². The van der Waals surface area contributed by atoms with Crippen LogP contribution in [0, 0.1) is 0 Å². The summed E-state index contributed by atoms with van der Waals surface area (Å²) in [4.78, 5) is 26.9. The van der Waals surface area contributed by atoms with Crippen molar-refractivity contribution >= 4 is 5.91 Å². The van der Waals surface area contributed by atoms with Gasteiger partial charge in [-0.05, 0) is 48.9 Å². The Balaban J connectivity index is 1.86. The molecule has 0 radical (unpaired) electrons. The highest BCUT2D eigenvalue weighted by molar-refractivity contribution is 5.95. The van der Waals surface area contributed by atoms with Crippen molar-refractivity contribution in [3.05, 3.63) is 99.0 Å².